The fraction of sp³-hybridized carbons (Fsp3) is 0.250. The molecule has 2 rings (SSSR count). The fourth-order valence-corrected chi connectivity index (χ4v) is 2.53. The molecule has 1 N–H and O–H groups in total. The van der Waals surface area contributed by atoms with Crippen molar-refractivity contribution in [2.75, 3.05) is 13.6 Å². The molecule has 3 amide bonds. The third-order valence-corrected chi connectivity index (χ3v) is 3.74. The minimum atomic E-state index is -0.981. The van der Waals surface area contributed by atoms with Gasteiger partial charge in [0, 0.05) is 12.8 Å². The summed E-state index contributed by atoms with van der Waals surface area (Å²) in [4.78, 5) is 35.2. The van der Waals surface area contributed by atoms with Gasteiger partial charge in [0.1, 0.15) is 6.54 Å². The number of carbonyl (C=O) groups excluding carboxylic acids is 2. The van der Waals surface area contributed by atoms with Gasteiger partial charge in [-0.15, -0.1) is 0 Å². The van der Waals surface area contributed by atoms with Crippen LogP contribution in [0.5, 0.6) is 0 Å². The van der Waals surface area contributed by atoms with E-state index in [9.17, 15) is 14.4 Å². The van der Waals surface area contributed by atoms with E-state index in [1.807, 2.05) is 0 Å². The number of aromatic carboxylic acids is 1. The molecule has 100 valence electrons. The lowest BCUT2D eigenvalue weighted by molar-refractivity contribution is -0.121. The van der Waals surface area contributed by atoms with Crippen LogP contribution in [0, 0.1) is 0 Å². The molecule has 1 aliphatic heterocycles. The van der Waals surface area contributed by atoms with Gasteiger partial charge in [0.2, 0.25) is 0 Å². The Balaban J connectivity index is 1.97. The Morgan fingerprint density at radius 3 is 2.42 bits per heavy atom. The van der Waals surface area contributed by atoms with E-state index < -0.39 is 5.97 Å². The molecule has 0 spiro atoms. The van der Waals surface area contributed by atoms with Crippen LogP contribution in [0.1, 0.15) is 15.9 Å². The molecule has 0 bridgehead atoms. The Morgan fingerprint density at radius 2 is 1.95 bits per heavy atom. The second-order valence-corrected chi connectivity index (χ2v) is 5.01. The molecule has 1 aliphatic rings. The second kappa shape index (κ2) is 5.31. The summed E-state index contributed by atoms with van der Waals surface area (Å²) >= 11 is 1.12. The van der Waals surface area contributed by atoms with Crippen LogP contribution in [0.15, 0.2) is 24.3 Å². The van der Waals surface area contributed by atoms with E-state index in [-0.39, 0.29) is 24.0 Å². The molecule has 7 heteroatoms. The van der Waals surface area contributed by atoms with Gasteiger partial charge in [0.05, 0.1) is 5.56 Å². The third-order valence-electron chi connectivity index (χ3n) is 2.66. The molecule has 0 radical (unpaired) electrons. The van der Waals surface area contributed by atoms with Gasteiger partial charge >= 0.3 is 12.0 Å². The predicted molar refractivity (Wildman–Crippen MR) is 69.6 cm³/mol. The summed E-state index contributed by atoms with van der Waals surface area (Å²) in [5.41, 5.74) is 1.06. The smallest absolute Gasteiger partial charge is 0.337 e. The van der Waals surface area contributed by atoms with E-state index in [1.54, 1.807) is 19.2 Å². The molecule has 19 heavy (non-hydrogen) atoms. The Morgan fingerprint density at radius 1 is 1.32 bits per heavy atom. The number of carbonyl (C=O) groups is 3. The number of amides is 3. The summed E-state index contributed by atoms with van der Waals surface area (Å²) in [5, 5.41) is 8.77. The Hall–Kier alpha value is -2.02. The molecular formula is C12H12N2O4S. The maximum absolute atomic E-state index is 11.6. The zero-order valence-corrected chi connectivity index (χ0v) is 11.0. The van der Waals surface area contributed by atoms with Crippen molar-refractivity contribution in [3.05, 3.63) is 35.4 Å². The van der Waals surface area contributed by atoms with Crippen LogP contribution in [-0.4, -0.2) is 45.8 Å². The van der Waals surface area contributed by atoms with Crippen molar-refractivity contribution in [3.8, 4) is 0 Å². The molecule has 0 aliphatic carbocycles. The molecule has 1 heterocycles. The van der Waals surface area contributed by atoms with Crippen LogP contribution in [0.2, 0.25) is 0 Å². The van der Waals surface area contributed by atoms with E-state index >= 15 is 0 Å². The highest BCUT2D eigenvalue weighted by molar-refractivity contribution is 7.97. The normalized spacial score (nSPS) is 15.2. The van der Waals surface area contributed by atoms with Crippen LogP contribution < -0.4 is 0 Å². The van der Waals surface area contributed by atoms with E-state index in [0.717, 1.165) is 21.8 Å². The minimum absolute atomic E-state index is 0.101. The van der Waals surface area contributed by atoms with E-state index in [2.05, 4.69) is 0 Å². The minimum Gasteiger partial charge on any atom is -0.478 e. The highest BCUT2D eigenvalue weighted by Crippen LogP contribution is 2.23. The zero-order valence-electron chi connectivity index (χ0n) is 10.2. The summed E-state index contributed by atoms with van der Waals surface area (Å²) in [7, 11) is 1.57. The number of hydrogen-bond donors (Lipinski definition) is 1. The van der Waals surface area contributed by atoms with Crippen molar-refractivity contribution in [1.82, 2.24) is 9.21 Å². The molecule has 0 unspecified atom stereocenters. The molecular weight excluding hydrogens is 268 g/mol. The monoisotopic (exact) mass is 280 g/mol. The highest BCUT2D eigenvalue weighted by Gasteiger charge is 2.34. The number of benzene rings is 1. The van der Waals surface area contributed by atoms with Gasteiger partial charge in [-0.1, -0.05) is 12.1 Å². The van der Waals surface area contributed by atoms with Crippen molar-refractivity contribution in [3.63, 3.8) is 0 Å². The molecule has 0 atom stereocenters. The van der Waals surface area contributed by atoms with Crippen molar-refractivity contribution >= 4 is 29.9 Å². The maximum Gasteiger partial charge on any atom is 0.337 e. The highest BCUT2D eigenvalue weighted by atomic mass is 32.2. The quantitative estimate of drug-likeness (QED) is 0.666. The first-order valence-electron chi connectivity index (χ1n) is 5.52. The van der Waals surface area contributed by atoms with Gasteiger partial charge < -0.3 is 10.0 Å². The van der Waals surface area contributed by atoms with Gasteiger partial charge in [-0.05, 0) is 29.6 Å². The number of likely N-dealkylation sites (N-methyl/N-ethyl adjacent to an activating group) is 1. The molecule has 1 aromatic rings. The Kier molecular flexibility index (Phi) is 3.75. The Bertz CT molecular complexity index is 529. The summed E-state index contributed by atoms with van der Waals surface area (Å²) in [6.07, 6.45) is 0. The van der Waals surface area contributed by atoms with Crippen LogP contribution >= 0.6 is 11.9 Å². The molecule has 1 saturated heterocycles. The fourth-order valence-electron chi connectivity index (χ4n) is 1.61. The van der Waals surface area contributed by atoms with Gasteiger partial charge in [0.15, 0.2) is 0 Å². The lowest BCUT2D eigenvalue weighted by Crippen LogP contribution is -2.25. The standard InChI is InChI=1S/C12H12N2O4S/c1-13-6-10(15)14(12(13)18)19-7-8-2-4-9(5-3-8)11(16)17/h2-5H,6-7H2,1H3,(H,16,17). The summed E-state index contributed by atoms with van der Waals surface area (Å²) < 4.78 is 1.13. The first kappa shape index (κ1) is 13.4. The number of carboxylic acid groups (broad SMARTS) is 1. The van der Waals surface area contributed by atoms with Gasteiger partial charge in [0.25, 0.3) is 5.91 Å². The maximum atomic E-state index is 11.6. The number of nitrogens with zero attached hydrogens (tertiary/aromatic N) is 2. The Labute approximate surface area is 114 Å². The van der Waals surface area contributed by atoms with Crippen molar-refractivity contribution in [2.45, 2.75) is 5.75 Å². The molecule has 0 saturated carbocycles. The number of hydrogen-bond acceptors (Lipinski definition) is 4. The average Bonchev–Trinajstić information content (AvgIpc) is 2.62. The van der Waals surface area contributed by atoms with Gasteiger partial charge in [-0.25, -0.2) is 13.9 Å². The van der Waals surface area contributed by atoms with Crippen LogP contribution in [0.25, 0.3) is 0 Å². The lowest BCUT2D eigenvalue weighted by Gasteiger charge is -2.12. The average molecular weight is 280 g/mol. The molecule has 1 aromatic carbocycles. The van der Waals surface area contributed by atoms with Crippen LogP contribution in [-0.2, 0) is 10.5 Å². The summed E-state index contributed by atoms with van der Waals surface area (Å²) in [6.45, 7) is 0.101. The lowest BCUT2D eigenvalue weighted by atomic mass is 10.1. The topological polar surface area (TPSA) is 77.9 Å². The third kappa shape index (κ3) is 2.87. The molecule has 6 nitrogen and oxygen atoms in total. The largest absolute Gasteiger partial charge is 0.478 e. The summed E-state index contributed by atoms with van der Waals surface area (Å²) in [5.74, 6) is -0.782. The number of carboxylic acids is 1. The van der Waals surface area contributed by atoms with E-state index in [4.69, 9.17) is 5.11 Å². The number of rotatable bonds is 4. The van der Waals surface area contributed by atoms with Crippen molar-refractivity contribution < 1.29 is 19.5 Å². The van der Waals surface area contributed by atoms with Crippen LogP contribution in [0.3, 0.4) is 0 Å². The predicted octanol–water partition coefficient (Wildman–Crippen LogP) is 1.43. The van der Waals surface area contributed by atoms with E-state index in [0.29, 0.717) is 5.75 Å². The first-order valence-corrected chi connectivity index (χ1v) is 6.46. The number of imide groups is 1. The van der Waals surface area contributed by atoms with Gasteiger partial charge in [-0.3, -0.25) is 4.79 Å². The first-order chi connectivity index (χ1) is 8.99. The van der Waals surface area contributed by atoms with Gasteiger partial charge in [-0.2, -0.15) is 0 Å². The zero-order chi connectivity index (χ0) is 14.0. The summed E-state index contributed by atoms with van der Waals surface area (Å²) in [6, 6.07) is 6.02. The SMILES string of the molecule is CN1CC(=O)N(SCc2ccc(C(=O)O)cc2)C1=O. The molecule has 0 aromatic heterocycles. The van der Waals surface area contributed by atoms with Crippen molar-refractivity contribution in [2.24, 2.45) is 0 Å². The van der Waals surface area contributed by atoms with Crippen LogP contribution in [0.4, 0.5) is 4.79 Å². The molecule has 1 fully saturated rings. The van der Waals surface area contributed by atoms with Crippen molar-refractivity contribution in [1.29, 1.82) is 0 Å². The number of urea groups is 1. The van der Waals surface area contributed by atoms with E-state index in [1.165, 1.54) is 17.0 Å². The second-order valence-electron chi connectivity index (χ2n) is 4.10.